The van der Waals surface area contributed by atoms with Crippen LogP contribution in [-0.2, 0) is 4.74 Å². The molecule has 2 rings (SSSR count). The molecule has 2 heterocycles. The number of likely N-dealkylation sites (tertiary alicyclic amines) is 1. The fourth-order valence-electron chi connectivity index (χ4n) is 2.99. The Hall–Kier alpha value is -1.30. The molecule has 0 bridgehead atoms. The fraction of sp³-hybridized carbons (Fsp3) is 0.875. The van der Waals surface area contributed by atoms with Crippen LogP contribution in [0.25, 0.3) is 0 Å². The van der Waals surface area contributed by atoms with Crippen LogP contribution in [0.3, 0.4) is 0 Å². The molecule has 2 aliphatic heterocycles. The molecule has 6 heteroatoms. The van der Waals surface area contributed by atoms with Crippen molar-refractivity contribution in [2.24, 2.45) is 4.99 Å². The lowest BCUT2D eigenvalue weighted by molar-refractivity contribution is 0.0276. The Morgan fingerprint density at radius 1 is 1.41 bits per heavy atom. The van der Waals surface area contributed by atoms with Crippen LogP contribution in [-0.4, -0.2) is 72.6 Å². The lowest BCUT2D eigenvalue weighted by atomic mass is 10.2. The van der Waals surface area contributed by atoms with Gasteiger partial charge in [0.2, 0.25) is 0 Å². The van der Waals surface area contributed by atoms with Gasteiger partial charge in [0, 0.05) is 19.1 Å². The van der Waals surface area contributed by atoms with Gasteiger partial charge in [-0.1, -0.05) is 6.92 Å². The van der Waals surface area contributed by atoms with Gasteiger partial charge in [-0.3, -0.25) is 14.8 Å². The zero-order valence-electron chi connectivity index (χ0n) is 14.4. The normalized spacial score (nSPS) is 23.4. The number of rotatable bonds is 3. The van der Waals surface area contributed by atoms with Crippen LogP contribution in [0.5, 0.6) is 0 Å². The molecule has 1 saturated heterocycles. The van der Waals surface area contributed by atoms with Gasteiger partial charge in [0.25, 0.3) is 0 Å². The maximum atomic E-state index is 12.1. The van der Waals surface area contributed by atoms with E-state index in [2.05, 4.69) is 22.1 Å². The average Bonchev–Trinajstić information content (AvgIpc) is 2.91. The number of carbonyl (C=O) groups excluding carboxylic acids is 1. The van der Waals surface area contributed by atoms with Gasteiger partial charge in [0.15, 0.2) is 0 Å². The number of nitrogens with one attached hydrogen (secondary N) is 1. The number of amides is 1. The molecular weight excluding hydrogens is 280 g/mol. The third-order valence-electron chi connectivity index (χ3n) is 4.11. The molecule has 1 N–H and O–H groups in total. The highest BCUT2D eigenvalue weighted by Gasteiger charge is 2.26. The minimum absolute atomic E-state index is 0.252. The SMILES string of the molecule is CCN1CCCC1CNC1=NCCN(C(=O)OC(C)(C)C)C1. The van der Waals surface area contributed by atoms with Gasteiger partial charge in [-0.2, -0.15) is 0 Å². The molecule has 0 saturated carbocycles. The molecule has 22 heavy (non-hydrogen) atoms. The van der Waals surface area contributed by atoms with Gasteiger partial charge in [0.05, 0.1) is 13.1 Å². The lowest BCUT2D eigenvalue weighted by Crippen LogP contribution is -2.49. The van der Waals surface area contributed by atoms with Gasteiger partial charge in [-0.05, 0) is 46.7 Å². The molecule has 0 radical (unpaired) electrons. The monoisotopic (exact) mass is 310 g/mol. The Labute approximate surface area is 133 Å². The van der Waals surface area contributed by atoms with Gasteiger partial charge in [-0.25, -0.2) is 4.79 Å². The number of aliphatic imine (C=N–C) groups is 1. The van der Waals surface area contributed by atoms with Crippen molar-refractivity contribution in [3.8, 4) is 0 Å². The molecule has 1 unspecified atom stereocenters. The first-order valence-corrected chi connectivity index (χ1v) is 8.38. The second-order valence-electron chi connectivity index (χ2n) is 7.04. The number of carbonyl (C=O) groups is 1. The molecule has 0 aromatic heterocycles. The highest BCUT2D eigenvalue weighted by molar-refractivity contribution is 5.87. The Balaban J connectivity index is 1.80. The number of hydrogen-bond donors (Lipinski definition) is 1. The van der Waals surface area contributed by atoms with Crippen molar-refractivity contribution in [2.45, 2.75) is 52.2 Å². The second-order valence-corrected chi connectivity index (χ2v) is 7.04. The third-order valence-corrected chi connectivity index (χ3v) is 4.11. The van der Waals surface area contributed by atoms with E-state index in [4.69, 9.17) is 4.74 Å². The van der Waals surface area contributed by atoms with Crippen LogP contribution < -0.4 is 5.32 Å². The van der Waals surface area contributed by atoms with Crippen LogP contribution in [0.15, 0.2) is 4.99 Å². The molecule has 0 spiro atoms. The lowest BCUT2D eigenvalue weighted by Gasteiger charge is -2.31. The summed E-state index contributed by atoms with van der Waals surface area (Å²) in [6.45, 7) is 12.9. The first kappa shape index (κ1) is 17.1. The zero-order chi connectivity index (χ0) is 16.2. The minimum atomic E-state index is -0.454. The molecular formula is C16H30N4O2. The predicted octanol–water partition coefficient (Wildman–Crippen LogP) is 1.71. The maximum Gasteiger partial charge on any atom is 0.410 e. The molecule has 126 valence electrons. The van der Waals surface area contributed by atoms with Crippen LogP contribution in [0.4, 0.5) is 4.79 Å². The van der Waals surface area contributed by atoms with Crippen molar-refractivity contribution in [1.29, 1.82) is 0 Å². The average molecular weight is 310 g/mol. The highest BCUT2D eigenvalue weighted by Crippen LogP contribution is 2.16. The molecule has 2 aliphatic rings. The zero-order valence-corrected chi connectivity index (χ0v) is 14.4. The van der Waals surface area contributed by atoms with Crippen molar-refractivity contribution in [1.82, 2.24) is 15.1 Å². The summed E-state index contributed by atoms with van der Waals surface area (Å²) in [7, 11) is 0. The number of nitrogens with zero attached hydrogens (tertiary/aromatic N) is 3. The topological polar surface area (TPSA) is 57.2 Å². The van der Waals surface area contributed by atoms with E-state index in [1.165, 1.54) is 19.4 Å². The summed E-state index contributed by atoms with van der Waals surface area (Å²) in [6, 6.07) is 0.588. The minimum Gasteiger partial charge on any atom is -0.444 e. The van der Waals surface area contributed by atoms with E-state index in [0.717, 1.165) is 18.9 Å². The van der Waals surface area contributed by atoms with Gasteiger partial charge in [-0.15, -0.1) is 0 Å². The highest BCUT2D eigenvalue weighted by atomic mass is 16.6. The van der Waals surface area contributed by atoms with Gasteiger partial charge < -0.3 is 10.1 Å². The summed E-state index contributed by atoms with van der Waals surface area (Å²) in [5.41, 5.74) is -0.454. The van der Waals surface area contributed by atoms with Gasteiger partial charge in [0.1, 0.15) is 11.4 Å². The molecule has 1 fully saturated rings. The summed E-state index contributed by atoms with van der Waals surface area (Å²) >= 11 is 0. The summed E-state index contributed by atoms with van der Waals surface area (Å²) in [6.07, 6.45) is 2.26. The second kappa shape index (κ2) is 7.31. The van der Waals surface area contributed by atoms with E-state index in [1.807, 2.05) is 20.8 Å². The third kappa shape index (κ3) is 4.87. The summed E-state index contributed by atoms with van der Waals surface area (Å²) < 4.78 is 5.43. The number of ether oxygens (including phenoxy) is 1. The van der Waals surface area contributed by atoms with E-state index in [9.17, 15) is 4.79 Å². The summed E-state index contributed by atoms with van der Waals surface area (Å²) in [5.74, 6) is 0.903. The number of amidine groups is 1. The fourth-order valence-corrected chi connectivity index (χ4v) is 2.99. The quantitative estimate of drug-likeness (QED) is 0.862. The maximum absolute atomic E-state index is 12.1. The summed E-state index contributed by atoms with van der Waals surface area (Å²) in [4.78, 5) is 20.9. The van der Waals surface area contributed by atoms with Crippen LogP contribution in [0.1, 0.15) is 40.5 Å². The van der Waals surface area contributed by atoms with Crippen molar-refractivity contribution in [3.63, 3.8) is 0 Å². The Morgan fingerprint density at radius 3 is 2.86 bits per heavy atom. The molecule has 0 aromatic rings. The van der Waals surface area contributed by atoms with Gasteiger partial charge >= 0.3 is 6.09 Å². The molecule has 0 aliphatic carbocycles. The summed E-state index contributed by atoms with van der Waals surface area (Å²) in [5, 5.41) is 3.43. The molecule has 0 aromatic carbocycles. The van der Waals surface area contributed by atoms with Crippen molar-refractivity contribution < 1.29 is 9.53 Å². The van der Waals surface area contributed by atoms with E-state index in [0.29, 0.717) is 25.7 Å². The molecule has 1 atom stereocenters. The Kier molecular flexibility index (Phi) is 5.67. The van der Waals surface area contributed by atoms with E-state index in [-0.39, 0.29) is 6.09 Å². The first-order chi connectivity index (χ1) is 10.4. The van der Waals surface area contributed by atoms with E-state index in [1.54, 1.807) is 4.90 Å². The van der Waals surface area contributed by atoms with Crippen LogP contribution in [0, 0.1) is 0 Å². The van der Waals surface area contributed by atoms with Crippen LogP contribution in [0.2, 0.25) is 0 Å². The van der Waals surface area contributed by atoms with Crippen molar-refractivity contribution >= 4 is 11.9 Å². The Bertz CT molecular complexity index is 417. The standard InChI is InChI=1S/C16H30N4O2/c1-5-19-9-6-7-13(19)11-18-14-12-20(10-8-17-14)15(21)22-16(2,3)4/h13H,5-12H2,1-4H3,(H,17,18). The Morgan fingerprint density at radius 2 is 2.18 bits per heavy atom. The number of likely N-dealkylation sites (N-methyl/N-ethyl adjacent to an activating group) is 1. The smallest absolute Gasteiger partial charge is 0.410 e. The van der Waals surface area contributed by atoms with Crippen molar-refractivity contribution in [2.75, 3.05) is 39.3 Å². The van der Waals surface area contributed by atoms with Crippen LogP contribution >= 0.6 is 0 Å². The molecule has 1 amide bonds. The molecule has 6 nitrogen and oxygen atoms in total. The number of hydrogen-bond acceptors (Lipinski definition) is 5. The van der Waals surface area contributed by atoms with Crippen molar-refractivity contribution in [3.05, 3.63) is 0 Å². The first-order valence-electron chi connectivity index (χ1n) is 8.38. The predicted molar refractivity (Wildman–Crippen MR) is 88.4 cm³/mol. The largest absolute Gasteiger partial charge is 0.444 e. The van der Waals surface area contributed by atoms with E-state index >= 15 is 0 Å². The van der Waals surface area contributed by atoms with E-state index < -0.39 is 5.60 Å².